The zero-order valence-corrected chi connectivity index (χ0v) is 45.0. The molecule has 0 saturated heterocycles. The maximum absolute atomic E-state index is 11.4. The van der Waals surface area contributed by atoms with Gasteiger partial charge in [-0.1, -0.05) is 55.4 Å². The molecule has 0 radical (unpaired) electrons. The molecule has 2 atom stereocenters. The maximum Gasteiger partial charge on any atom is 0.311 e. The summed E-state index contributed by atoms with van der Waals surface area (Å²) in [6, 6.07) is 0. The third kappa shape index (κ3) is 42.4. The van der Waals surface area contributed by atoms with E-state index < -0.39 is 17.4 Å². The van der Waals surface area contributed by atoms with Gasteiger partial charge in [-0.15, -0.1) is 0 Å². The highest BCUT2D eigenvalue weighted by Crippen LogP contribution is 2.23. The molecule has 0 bridgehead atoms. The van der Waals surface area contributed by atoms with Crippen LogP contribution >= 0.6 is 0 Å². The smallest absolute Gasteiger partial charge is 0.311 e. The van der Waals surface area contributed by atoms with Crippen molar-refractivity contribution in [3.05, 3.63) is 0 Å². The van der Waals surface area contributed by atoms with Gasteiger partial charge in [0.1, 0.15) is 19.8 Å². The van der Waals surface area contributed by atoms with E-state index in [4.69, 9.17) is 24.4 Å². The second-order valence-electron chi connectivity index (χ2n) is 19.3. The number of aliphatic carboxylic acids is 2. The SMILES string of the molecule is CCC(C)(C)C(=O)O.CCC(C)(C)C(=O)OCCN(C)C.CCC(C)(C)C(=O)OCCN(C)C.CCC(C)(C)C(=O)OCCN(C)C.CCC(C)C(=O)N(C)C.CCC(C)C(=O)O. The van der Waals surface area contributed by atoms with E-state index >= 15 is 0 Å². The van der Waals surface area contributed by atoms with Crippen LogP contribution in [-0.2, 0) is 43.0 Å². The fourth-order valence-corrected chi connectivity index (χ4v) is 2.92. The summed E-state index contributed by atoms with van der Waals surface area (Å²) in [6.45, 7) is 34.0. The molecule has 2 unspecified atom stereocenters. The third-order valence-corrected chi connectivity index (χ3v) is 10.6. The third-order valence-electron chi connectivity index (χ3n) is 10.6. The lowest BCUT2D eigenvalue weighted by molar-refractivity contribution is -0.155. The summed E-state index contributed by atoms with van der Waals surface area (Å²) >= 11 is 0. The monoisotopic (exact) mass is 909 g/mol. The summed E-state index contributed by atoms with van der Waals surface area (Å²) in [6.07, 6.45) is 4.77. The summed E-state index contributed by atoms with van der Waals surface area (Å²) in [4.78, 5) is 73.1. The number of carbonyl (C=O) groups excluding carboxylic acids is 4. The van der Waals surface area contributed by atoms with Gasteiger partial charge in [0.05, 0.1) is 27.6 Å². The normalized spacial score (nSPS) is 12.1. The molecule has 0 saturated carbocycles. The zero-order valence-electron chi connectivity index (χ0n) is 45.0. The van der Waals surface area contributed by atoms with Crippen molar-refractivity contribution in [1.29, 1.82) is 0 Å². The summed E-state index contributed by atoms with van der Waals surface area (Å²) in [5, 5.41) is 16.6. The lowest BCUT2D eigenvalue weighted by atomic mass is 9.91. The van der Waals surface area contributed by atoms with Crippen LogP contribution in [-0.4, -0.2) is 161 Å². The Morgan fingerprint density at radius 2 is 0.683 bits per heavy atom. The number of esters is 3. The van der Waals surface area contributed by atoms with Gasteiger partial charge in [-0.05, 0) is 136 Å². The van der Waals surface area contributed by atoms with Crippen molar-refractivity contribution >= 4 is 35.8 Å². The van der Waals surface area contributed by atoms with Crippen LogP contribution in [0.4, 0.5) is 0 Å². The lowest BCUT2D eigenvalue weighted by Gasteiger charge is -2.20. The first-order chi connectivity index (χ1) is 28.5. The molecule has 0 aliphatic carbocycles. The first-order valence-corrected chi connectivity index (χ1v) is 22.6. The molecular formula is C48H100N4O11. The van der Waals surface area contributed by atoms with Crippen LogP contribution in [0, 0.1) is 33.5 Å². The van der Waals surface area contributed by atoms with Crippen molar-refractivity contribution in [2.75, 3.05) is 95.8 Å². The molecule has 0 aliphatic rings. The standard InChI is InChI=1S/3C10H21NO2.C7H15NO.C6H12O2.C5H10O2/c3*1-6-10(2,3)9(12)13-8-7-11(4)5;1-5-6(2)7(9)8(3)4;1-4-6(2,3)5(7)8;1-3-4(2)5(6)7/h3*6-8H2,1-5H3;6H,5H2,1-4H3;4H2,1-3H3,(H,7,8);4H,3H2,1-2H3,(H,6,7). The van der Waals surface area contributed by atoms with Gasteiger partial charge in [0.25, 0.3) is 0 Å². The molecule has 0 fully saturated rings. The molecule has 0 aliphatic heterocycles. The number of hydrogen-bond donors (Lipinski definition) is 2. The number of carboxylic acids is 2. The van der Waals surface area contributed by atoms with Gasteiger partial charge in [0.15, 0.2) is 0 Å². The predicted octanol–water partition coefficient (Wildman–Crippen LogP) is 8.33. The van der Waals surface area contributed by atoms with Crippen LogP contribution in [0.25, 0.3) is 0 Å². The van der Waals surface area contributed by atoms with Gasteiger partial charge in [-0.2, -0.15) is 0 Å². The number of amides is 1. The molecule has 0 rings (SSSR count). The number of carboxylic acid groups (broad SMARTS) is 2. The quantitative estimate of drug-likeness (QED) is 0.0828. The van der Waals surface area contributed by atoms with Crippen LogP contribution in [0.15, 0.2) is 0 Å². The topological polar surface area (TPSA) is 184 Å². The van der Waals surface area contributed by atoms with E-state index in [0.717, 1.165) is 51.7 Å². The average molecular weight is 909 g/mol. The molecule has 1 amide bonds. The number of ether oxygens (including phenoxy) is 3. The van der Waals surface area contributed by atoms with E-state index in [-0.39, 0.29) is 51.9 Å². The number of nitrogens with zero attached hydrogens (tertiary/aromatic N) is 4. The molecule has 0 heterocycles. The average Bonchev–Trinajstić information content (AvgIpc) is 3.20. The van der Waals surface area contributed by atoms with Crippen molar-refractivity contribution in [2.24, 2.45) is 33.5 Å². The number of likely N-dealkylation sites (N-methyl/N-ethyl adjacent to an activating group) is 3. The van der Waals surface area contributed by atoms with E-state index in [1.165, 1.54) is 0 Å². The van der Waals surface area contributed by atoms with Crippen molar-refractivity contribution < 1.29 is 53.2 Å². The Balaban J connectivity index is -0.000000157. The molecule has 0 spiro atoms. The Bertz CT molecular complexity index is 1140. The van der Waals surface area contributed by atoms with Gasteiger partial charge in [0.2, 0.25) is 5.91 Å². The van der Waals surface area contributed by atoms with Gasteiger partial charge < -0.3 is 44.0 Å². The largest absolute Gasteiger partial charge is 0.481 e. The van der Waals surface area contributed by atoms with Gasteiger partial charge in [-0.3, -0.25) is 28.8 Å². The summed E-state index contributed by atoms with van der Waals surface area (Å²) in [5.41, 5.74) is -1.56. The highest BCUT2D eigenvalue weighted by atomic mass is 16.5. The van der Waals surface area contributed by atoms with Crippen LogP contribution in [0.5, 0.6) is 0 Å². The van der Waals surface area contributed by atoms with E-state index in [1.807, 2.05) is 147 Å². The lowest BCUT2D eigenvalue weighted by Crippen LogP contribution is -2.28. The summed E-state index contributed by atoms with van der Waals surface area (Å²) < 4.78 is 15.4. The zero-order chi connectivity index (χ0) is 51.5. The van der Waals surface area contributed by atoms with Crippen molar-refractivity contribution in [3.63, 3.8) is 0 Å². The minimum absolute atomic E-state index is 0.100. The molecular weight excluding hydrogens is 809 g/mol. The molecule has 15 heteroatoms. The molecule has 0 aromatic rings. The van der Waals surface area contributed by atoms with Crippen molar-refractivity contribution in [2.45, 2.75) is 149 Å². The van der Waals surface area contributed by atoms with Gasteiger partial charge in [-0.25, -0.2) is 0 Å². The fraction of sp³-hybridized carbons (Fsp3) is 0.875. The molecule has 2 N–H and O–H groups in total. The van der Waals surface area contributed by atoms with E-state index in [1.54, 1.807) is 39.8 Å². The van der Waals surface area contributed by atoms with Crippen LogP contribution in [0.2, 0.25) is 0 Å². The molecule has 0 aromatic heterocycles. The molecule has 15 nitrogen and oxygen atoms in total. The number of hydrogen-bond acceptors (Lipinski definition) is 12. The van der Waals surface area contributed by atoms with E-state index in [9.17, 15) is 28.8 Å². The van der Waals surface area contributed by atoms with Crippen LogP contribution in [0.3, 0.4) is 0 Å². The first-order valence-electron chi connectivity index (χ1n) is 22.6. The Labute approximate surface area is 386 Å². The van der Waals surface area contributed by atoms with E-state index in [2.05, 4.69) is 0 Å². The van der Waals surface area contributed by atoms with Crippen molar-refractivity contribution in [1.82, 2.24) is 19.6 Å². The summed E-state index contributed by atoms with van der Waals surface area (Å²) in [7, 11) is 15.3. The number of rotatable bonds is 21. The Hall–Kier alpha value is -3.30. The summed E-state index contributed by atoms with van der Waals surface area (Å²) in [5.74, 6) is -1.51. The molecule has 63 heavy (non-hydrogen) atoms. The van der Waals surface area contributed by atoms with Crippen LogP contribution < -0.4 is 0 Å². The van der Waals surface area contributed by atoms with E-state index in [0.29, 0.717) is 26.2 Å². The van der Waals surface area contributed by atoms with Crippen molar-refractivity contribution in [3.8, 4) is 0 Å². The van der Waals surface area contributed by atoms with Crippen LogP contribution in [0.1, 0.15) is 149 Å². The highest BCUT2D eigenvalue weighted by molar-refractivity contribution is 5.78. The van der Waals surface area contributed by atoms with Gasteiger partial charge in [0, 0.05) is 39.6 Å². The van der Waals surface area contributed by atoms with Gasteiger partial charge >= 0.3 is 29.8 Å². The predicted molar refractivity (Wildman–Crippen MR) is 258 cm³/mol. The fourth-order valence-electron chi connectivity index (χ4n) is 2.92. The first kappa shape index (κ1) is 71.3. The Morgan fingerprint density at radius 1 is 0.444 bits per heavy atom. The Morgan fingerprint density at radius 3 is 0.778 bits per heavy atom. The number of carbonyl (C=O) groups is 6. The minimum atomic E-state index is -0.722. The minimum Gasteiger partial charge on any atom is -0.481 e. The second kappa shape index (κ2) is 38.0. The molecule has 378 valence electrons. The maximum atomic E-state index is 11.4. The second-order valence-corrected chi connectivity index (χ2v) is 19.3. The molecule has 0 aromatic carbocycles. The Kier molecular flexibility index (Phi) is 43.0. The highest BCUT2D eigenvalue weighted by Gasteiger charge is 2.28.